The van der Waals surface area contributed by atoms with E-state index in [9.17, 15) is 0 Å². The summed E-state index contributed by atoms with van der Waals surface area (Å²) < 4.78 is 0. The Morgan fingerprint density at radius 3 is 0.459 bits per heavy atom. The molecule has 4 heteroatoms. The molecule has 0 atom stereocenters. The van der Waals surface area contributed by atoms with Crippen LogP contribution in [0, 0.1) is 0 Å². The zero-order valence-corrected chi connectivity index (χ0v) is 47.7. The Morgan fingerprint density at radius 2 is 0.306 bits per heavy atom. The first kappa shape index (κ1) is 50.6. The van der Waals surface area contributed by atoms with Gasteiger partial charge in [-0.25, -0.2) is 0 Å². The lowest BCUT2D eigenvalue weighted by Gasteiger charge is -2.38. The van der Waals surface area contributed by atoms with E-state index >= 15 is 0 Å². The van der Waals surface area contributed by atoms with Gasteiger partial charge in [-0.1, -0.05) is 194 Å². The van der Waals surface area contributed by atoms with E-state index in [2.05, 4.69) is 311 Å². The van der Waals surface area contributed by atoms with E-state index in [0.717, 1.165) is 74.1 Å². The van der Waals surface area contributed by atoms with Crippen LogP contribution in [0.2, 0.25) is 0 Å². The molecule has 0 saturated heterocycles. The molecule has 0 amide bonds. The summed E-state index contributed by atoms with van der Waals surface area (Å²) in [4.78, 5) is 9.97. The lowest BCUT2D eigenvalue weighted by atomic mass is 9.65. The van der Waals surface area contributed by atoms with Crippen LogP contribution in [0.15, 0.2) is 291 Å². The van der Waals surface area contributed by atoms with Gasteiger partial charge in [0.1, 0.15) is 0 Å². The predicted molar refractivity (Wildman–Crippen MR) is 353 cm³/mol. The lowest BCUT2D eigenvalue weighted by molar-refractivity contribution is 0.745. The topological polar surface area (TPSA) is 13.0 Å². The van der Waals surface area contributed by atoms with Crippen molar-refractivity contribution in [2.75, 3.05) is 19.6 Å². The Morgan fingerprint density at radius 1 is 0.165 bits per heavy atom. The highest BCUT2D eigenvalue weighted by molar-refractivity contribution is 5.86. The number of para-hydroxylation sites is 8. The largest absolute Gasteiger partial charge is 0.310 e. The smallest absolute Gasteiger partial charge is 0.0701 e. The summed E-state index contributed by atoms with van der Waals surface area (Å²) in [7, 11) is 0. The van der Waals surface area contributed by atoms with Gasteiger partial charge in [-0.15, -0.1) is 0 Å². The average Bonchev–Trinajstić information content (AvgIpc) is 2.12. The van der Waals surface area contributed by atoms with Crippen molar-refractivity contribution < 1.29 is 0 Å². The first-order valence-electron chi connectivity index (χ1n) is 30.4. The Labute approximate surface area is 499 Å². The van der Waals surface area contributed by atoms with Crippen molar-refractivity contribution in [1.82, 2.24) is 0 Å². The van der Waals surface area contributed by atoms with Crippen molar-refractivity contribution in [3.05, 3.63) is 358 Å². The minimum atomic E-state index is -0.805. The van der Waals surface area contributed by atoms with Crippen LogP contribution in [-0.2, 0) is 56.8 Å². The minimum Gasteiger partial charge on any atom is -0.310 e. The molecule has 0 fully saturated rings. The van der Waals surface area contributed by atoms with Crippen LogP contribution < -0.4 is 19.6 Å². The second-order valence-corrected chi connectivity index (χ2v) is 23.3. The third-order valence-corrected chi connectivity index (χ3v) is 18.7. The maximum absolute atomic E-state index is 2.49. The van der Waals surface area contributed by atoms with Gasteiger partial charge >= 0.3 is 0 Å². The molecule has 0 aliphatic carbocycles. The van der Waals surface area contributed by atoms with E-state index in [1.54, 1.807) is 0 Å². The second kappa shape index (κ2) is 21.2. The SMILES string of the molecule is c1ccc2c(c1)CCc1ccccc1N2c1ccc(C(c2ccc(N3c4ccccc4CCc4ccccc43)cc2)(c2ccc(N3c4ccccc4CCc4ccccc43)cc2)c2ccc(N3c4ccccc4CCc4ccccc43)cc2)cc1. The van der Waals surface area contributed by atoms with Crippen molar-refractivity contribution in [2.24, 2.45) is 0 Å². The molecule has 408 valence electrons. The van der Waals surface area contributed by atoms with Crippen LogP contribution in [0.4, 0.5) is 68.2 Å². The standard InChI is InChI=1S/C81H64N4/c1-9-25-73-57(17-1)33-34-58-18-2-10-26-74(58)82(73)69-49-41-65(42-50-69)81(66-43-51-70(52-44-66)83-75-27-11-3-19-59(75)35-36-60-20-4-12-28-76(60)83,67-45-53-71(54-46-67)84-77-29-13-5-21-61(77)37-38-62-22-6-14-30-78(62)84)68-47-55-72(56-48-68)85-79-31-15-7-23-63(79)39-40-64-24-8-16-32-80(64)85/h1-32,41-56H,33-40H2. The van der Waals surface area contributed by atoms with E-state index in [1.807, 2.05) is 0 Å². The fourth-order valence-corrected chi connectivity index (χ4v) is 14.7. The molecule has 0 aromatic heterocycles. The number of rotatable bonds is 8. The average molecular weight is 1090 g/mol. The van der Waals surface area contributed by atoms with Crippen LogP contribution in [0.3, 0.4) is 0 Å². The predicted octanol–water partition coefficient (Wildman–Crippen LogP) is 20.3. The summed E-state index contributed by atoms with van der Waals surface area (Å²) in [6, 6.07) is 110. The monoisotopic (exact) mass is 1090 g/mol. The molecule has 0 unspecified atom stereocenters. The summed E-state index contributed by atoms with van der Waals surface area (Å²) in [5, 5.41) is 0. The normalized spacial score (nSPS) is 14.1. The lowest BCUT2D eigenvalue weighted by Crippen LogP contribution is -2.31. The first-order chi connectivity index (χ1) is 42.2. The molecule has 0 saturated carbocycles. The Kier molecular flexibility index (Phi) is 12.6. The van der Waals surface area contributed by atoms with Crippen LogP contribution in [-0.4, -0.2) is 0 Å². The summed E-state index contributed by atoms with van der Waals surface area (Å²) in [6.07, 6.45) is 7.93. The van der Waals surface area contributed by atoms with Gasteiger partial charge in [-0.2, -0.15) is 0 Å². The van der Waals surface area contributed by atoms with E-state index < -0.39 is 5.41 Å². The molecule has 4 nitrogen and oxygen atoms in total. The number of fused-ring (bicyclic) bond motifs is 8. The van der Waals surface area contributed by atoms with Gasteiger partial charge < -0.3 is 19.6 Å². The zero-order valence-electron chi connectivity index (χ0n) is 47.7. The number of benzene rings is 12. The molecular formula is C81H64N4. The van der Waals surface area contributed by atoms with Crippen molar-refractivity contribution in [3.63, 3.8) is 0 Å². The molecular weight excluding hydrogens is 1030 g/mol. The van der Waals surface area contributed by atoms with E-state index in [0.29, 0.717) is 0 Å². The number of hydrogen-bond donors (Lipinski definition) is 0. The van der Waals surface area contributed by atoms with Crippen LogP contribution in [0.25, 0.3) is 0 Å². The maximum Gasteiger partial charge on any atom is 0.0701 e. The molecule has 12 aromatic carbocycles. The number of anilines is 12. The molecule has 4 aliphatic rings. The Hall–Kier alpha value is -10.2. The van der Waals surface area contributed by atoms with E-state index in [1.165, 1.54) is 112 Å². The van der Waals surface area contributed by atoms with Gasteiger partial charge in [-0.3, -0.25) is 0 Å². The van der Waals surface area contributed by atoms with Crippen LogP contribution >= 0.6 is 0 Å². The summed E-state index contributed by atoms with van der Waals surface area (Å²) in [5.41, 5.74) is 29.2. The molecule has 0 spiro atoms. The molecule has 12 aromatic rings. The van der Waals surface area contributed by atoms with Gasteiger partial charge in [-0.05, 0) is 215 Å². The fraction of sp³-hybridized carbons (Fsp3) is 0.111. The minimum absolute atomic E-state index is 0.805. The molecule has 0 N–H and O–H groups in total. The van der Waals surface area contributed by atoms with Crippen LogP contribution in [0.1, 0.15) is 66.8 Å². The van der Waals surface area contributed by atoms with Gasteiger partial charge in [0.25, 0.3) is 0 Å². The molecule has 4 heterocycles. The van der Waals surface area contributed by atoms with Crippen molar-refractivity contribution >= 4 is 68.2 Å². The first-order valence-corrected chi connectivity index (χ1v) is 30.4. The van der Waals surface area contributed by atoms with Gasteiger partial charge in [0.15, 0.2) is 0 Å². The van der Waals surface area contributed by atoms with Crippen molar-refractivity contribution in [3.8, 4) is 0 Å². The van der Waals surface area contributed by atoms with E-state index in [4.69, 9.17) is 0 Å². The number of hydrogen-bond acceptors (Lipinski definition) is 4. The van der Waals surface area contributed by atoms with Crippen molar-refractivity contribution in [2.45, 2.75) is 56.8 Å². The highest BCUT2D eigenvalue weighted by Gasteiger charge is 2.40. The molecule has 0 bridgehead atoms. The maximum atomic E-state index is 2.49. The Bertz CT molecular complexity index is 3680. The summed E-state index contributed by atoms with van der Waals surface area (Å²) >= 11 is 0. The third kappa shape index (κ3) is 8.65. The zero-order chi connectivity index (χ0) is 56.3. The van der Waals surface area contributed by atoms with E-state index in [-0.39, 0.29) is 0 Å². The highest BCUT2D eigenvalue weighted by Crippen LogP contribution is 2.52. The van der Waals surface area contributed by atoms with Gasteiger partial charge in [0, 0.05) is 68.2 Å². The molecule has 0 radical (unpaired) electrons. The molecule has 85 heavy (non-hydrogen) atoms. The van der Waals surface area contributed by atoms with Crippen LogP contribution in [0.5, 0.6) is 0 Å². The second-order valence-electron chi connectivity index (χ2n) is 23.3. The molecule has 4 aliphatic heterocycles. The van der Waals surface area contributed by atoms with Crippen molar-refractivity contribution in [1.29, 1.82) is 0 Å². The summed E-state index contributed by atoms with van der Waals surface area (Å²) in [5.74, 6) is 0. The summed E-state index contributed by atoms with van der Waals surface area (Å²) in [6.45, 7) is 0. The number of nitrogens with zero attached hydrogens (tertiary/aromatic N) is 4. The fourth-order valence-electron chi connectivity index (χ4n) is 14.7. The Balaban J connectivity index is 0.926. The van der Waals surface area contributed by atoms with Gasteiger partial charge in [0.05, 0.1) is 5.41 Å². The van der Waals surface area contributed by atoms with Gasteiger partial charge in [0.2, 0.25) is 0 Å². The molecule has 16 rings (SSSR count). The third-order valence-electron chi connectivity index (χ3n) is 18.7. The number of aryl methyl sites for hydroxylation is 8. The highest BCUT2D eigenvalue weighted by atomic mass is 15.2. The quantitative estimate of drug-likeness (QED) is 0.141.